The third kappa shape index (κ3) is 7.50. The van der Waals surface area contributed by atoms with Crippen LogP contribution in [0.3, 0.4) is 0 Å². The maximum absolute atomic E-state index is 12.6. The van der Waals surface area contributed by atoms with E-state index in [0.29, 0.717) is 17.7 Å². The molecule has 0 atom stereocenters. The van der Waals surface area contributed by atoms with Crippen LogP contribution in [0.5, 0.6) is 0 Å². The van der Waals surface area contributed by atoms with Crippen LogP contribution in [0.2, 0.25) is 0 Å². The van der Waals surface area contributed by atoms with E-state index in [2.05, 4.69) is 17.2 Å². The van der Waals surface area contributed by atoms with E-state index in [1.807, 2.05) is 51.1 Å². The molecule has 0 aliphatic carbocycles. The molecule has 7 heteroatoms. The van der Waals surface area contributed by atoms with Crippen molar-refractivity contribution < 1.29 is 18.4 Å². The van der Waals surface area contributed by atoms with Crippen molar-refractivity contribution in [2.45, 2.75) is 40.0 Å². The molecule has 0 unspecified atom stereocenters. The monoisotopic (exact) mass is 479 g/mol. The Bertz CT molecular complexity index is 1150. The van der Waals surface area contributed by atoms with Crippen LogP contribution in [0.1, 0.15) is 50.3 Å². The molecule has 184 valence electrons. The lowest BCUT2D eigenvalue weighted by Crippen LogP contribution is -2.30. The lowest BCUT2D eigenvalue weighted by Gasteiger charge is -2.25. The average molecular weight is 480 g/mol. The molecule has 0 saturated heterocycles. The van der Waals surface area contributed by atoms with Crippen LogP contribution in [0.15, 0.2) is 90.3 Å². The number of carbonyl (C=O) groups excluding carboxylic acids is 2. The molecule has 2 aromatic carbocycles. The summed E-state index contributed by atoms with van der Waals surface area (Å²) in [6.07, 6.45) is 3.72. The topological polar surface area (TPSA) is 84.2 Å². The molecule has 3 rings (SSSR count). The van der Waals surface area contributed by atoms with Gasteiger partial charge in [-0.1, -0.05) is 69.0 Å². The standard InChI is InChI=1S/C26H25F2N3O2.C2H6/c1-3-4-5-21-14-16(2)23(24(31-21)26(29)33)18-8-6-17(7-9-18)15-22(32)30-20-12-10-19(11-13-20)25(27)28;1-2/h3-13,25,31H,2,14-15H2,1H3,(H2,29,33)(H,30,32);1-2H3/b4-3-,21-5+;. The van der Waals surface area contributed by atoms with Gasteiger partial charge in [-0.2, -0.15) is 0 Å². The summed E-state index contributed by atoms with van der Waals surface area (Å²) in [5, 5.41) is 5.79. The first-order valence-corrected chi connectivity index (χ1v) is 11.4. The molecule has 0 spiro atoms. The number of amides is 2. The van der Waals surface area contributed by atoms with Gasteiger partial charge in [-0.3, -0.25) is 9.59 Å². The highest BCUT2D eigenvalue weighted by Crippen LogP contribution is 2.33. The number of nitrogens with one attached hydrogen (secondary N) is 2. The Balaban J connectivity index is 0.00000210. The van der Waals surface area contributed by atoms with E-state index in [0.717, 1.165) is 22.4 Å². The highest BCUT2D eigenvalue weighted by Gasteiger charge is 2.23. The molecule has 35 heavy (non-hydrogen) atoms. The first-order chi connectivity index (χ1) is 16.8. The zero-order valence-corrected chi connectivity index (χ0v) is 20.2. The third-order valence-electron chi connectivity index (χ3n) is 5.08. The molecule has 1 heterocycles. The zero-order valence-electron chi connectivity index (χ0n) is 20.2. The molecule has 2 amide bonds. The predicted molar refractivity (Wildman–Crippen MR) is 137 cm³/mol. The molecule has 0 aromatic heterocycles. The Morgan fingerprint density at radius 1 is 1.11 bits per heavy atom. The van der Waals surface area contributed by atoms with Crippen LogP contribution >= 0.6 is 0 Å². The summed E-state index contributed by atoms with van der Waals surface area (Å²) in [4.78, 5) is 24.4. The van der Waals surface area contributed by atoms with Crippen molar-refractivity contribution in [2.75, 3.05) is 5.32 Å². The van der Waals surface area contributed by atoms with Gasteiger partial charge in [-0.05, 0) is 41.8 Å². The maximum atomic E-state index is 12.6. The quantitative estimate of drug-likeness (QED) is 0.453. The van der Waals surface area contributed by atoms with Gasteiger partial charge in [0.25, 0.3) is 12.3 Å². The Morgan fingerprint density at radius 3 is 2.29 bits per heavy atom. The number of hydrogen-bond acceptors (Lipinski definition) is 3. The summed E-state index contributed by atoms with van der Waals surface area (Å²) < 4.78 is 25.3. The highest BCUT2D eigenvalue weighted by molar-refractivity contribution is 6.04. The number of halogens is 2. The summed E-state index contributed by atoms with van der Waals surface area (Å²) in [5.74, 6) is -0.856. The number of carbonyl (C=O) groups is 2. The fourth-order valence-corrected chi connectivity index (χ4v) is 3.50. The summed E-state index contributed by atoms with van der Waals surface area (Å²) >= 11 is 0. The Hall–Kier alpha value is -4.00. The van der Waals surface area contributed by atoms with Crippen LogP contribution in [-0.2, 0) is 16.0 Å². The van der Waals surface area contributed by atoms with Crippen LogP contribution in [-0.4, -0.2) is 11.8 Å². The van der Waals surface area contributed by atoms with E-state index in [4.69, 9.17) is 5.73 Å². The minimum Gasteiger partial charge on any atom is -0.364 e. The van der Waals surface area contributed by atoms with Crippen molar-refractivity contribution in [3.63, 3.8) is 0 Å². The van der Waals surface area contributed by atoms with Crippen molar-refractivity contribution in [3.05, 3.63) is 107 Å². The van der Waals surface area contributed by atoms with Gasteiger partial charge in [-0.25, -0.2) is 8.78 Å². The highest BCUT2D eigenvalue weighted by atomic mass is 19.3. The first-order valence-electron chi connectivity index (χ1n) is 11.4. The van der Waals surface area contributed by atoms with Gasteiger partial charge in [-0.15, -0.1) is 0 Å². The van der Waals surface area contributed by atoms with E-state index < -0.39 is 12.3 Å². The number of nitrogens with two attached hydrogens (primary N) is 1. The number of hydrogen-bond donors (Lipinski definition) is 3. The number of primary amides is 1. The van der Waals surface area contributed by atoms with Crippen molar-refractivity contribution in [2.24, 2.45) is 5.73 Å². The second kappa shape index (κ2) is 13.0. The van der Waals surface area contributed by atoms with Gasteiger partial charge in [0.05, 0.1) is 6.42 Å². The lowest BCUT2D eigenvalue weighted by molar-refractivity contribution is -0.116. The van der Waals surface area contributed by atoms with Gasteiger partial charge in [0.1, 0.15) is 5.70 Å². The molecule has 4 N–H and O–H groups in total. The van der Waals surface area contributed by atoms with Crippen LogP contribution in [0.4, 0.5) is 14.5 Å². The van der Waals surface area contributed by atoms with E-state index in [9.17, 15) is 18.4 Å². The van der Waals surface area contributed by atoms with E-state index >= 15 is 0 Å². The van der Waals surface area contributed by atoms with Crippen LogP contribution < -0.4 is 16.4 Å². The van der Waals surface area contributed by atoms with E-state index in [-0.39, 0.29) is 23.6 Å². The van der Waals surface area contributed by atoms with Gasteiger partial charge in [0, 0.05) is 28.9 Å². The minimum atomic E-state index is -2.55. The molecule has 0 radical (unpaired) electrons. The normalized spacial score (nSPS) is 14.6. The van der Waals surface area contributed by atoms with Gasteiger partial charge >= 0.3 is 0 Å². The number of benzene rings is 2. The van der Waals surface area contributed by atoms with Crippen molar-refractivity contribution in [1.82, 2.24) is 5.32 Å². The van der Waals surface area contributed by atoms with Crippen LogP contribution in [0.25, 0.3) is 5.57 Å². The molecule has 1 aliphatic heterocycles. The summed E-state index contributed by atoms with van der Waals surface area (Å²) in [6.45, 7) is 10.0. The number of anilines is 1. The first kappa shape index (κ1) is 27.2. The average Bonchev–Trinajstić information content (AvgIpc) is 2.84. The van der Waals surface area contributed by atoms with Gasteiger partial charge < -0.3 is 16.4 Å². The molecular weight excluding hydrogens is 448 g/mol. The molecule has 0 bridgehead atoms. The van der Waals surface area contributed by atoms with Gasteiger partial charge in [0.2, 0.25) is 5.91 Å². The molecule has 0 saturated carbocycles. The molecular formula is C28H31F2N3O2. The van der Waals surface area contributed by atoms with Gasteiger partial charge in [0.15, 0.2) is 0 Å². The second-order valence-corrected chi connectivity index (χ2v) is 7.58. The van der Waals surface area contributed by atoms with Crippen LogP contribution in [0, 0.1) is 0 Å². The second-order valence-electron chi connectivity index (χ2n) is 7.58. The number of alkyl halides is 2. The fourth-order valence-electron chi connectivity index (χ4n) is 3.50. The Labute approximate surface area is 205 Å². The smallest absolute Gasteiger partial charge is 0.265 e. The van der Waals surface area contributed by atoms with E-state index in [1.165, 1.54) is 24.3 Å². The minimum absolute atomic E-state index is 0.101. The Kier molecular flexibility index (Phi) is 10.1. The van der Waals surface area contributed by atoms with Crippen molar-refractivity contribution >= 4 is 23.1 Å². The molecule has 5 nitrogen and oxygen atoms in total. The fraction of sp³-hybridized carbons (Fsp3) is 0.214. The van der Waals surface area contributed by atoms with Crippen molar-refractivity contribution in [3.8, 4) is 0 Å². The number of allylic oxidation sites excluding steroid dienone is 5. The predicted octanol–water partition coefficient (Wildman–Crippen LogP) is 6.04. The SMILES string of the molecule is C=C1C/C(=C\C=C/C)NC(C(N)=O)=C1c1ccc(CC(=O)Nc2ccc(C(F)F)cc2)cc1.CC. The Morgan fingerprint density at radius 2 is 1.74 bits per heavy atom. The summed E-state index contributed by atoms with van der Waals surface area (Å²) in [7, 11) is 0. The van der Waals surface area contributed by atoms with Crippen molar-refractivity contribution in [1.29, 1.82) is 0 Å². The molecule has 1 aliphatic rings. The maximum Gasteiger partial charge on any atom is 0.265 e. The van der Waals surface area contributed by atoms with E-state index in [1.54, 1.807) is 12.1 Å². The molecule has 2 aromatic rings. The number of rotatable bonds is 7. The molecule has 0 fully saturated rings. The summed E-state index contributed by atoms with van der Waals surface area (Å²) in [6, 6.07) is 12.7. The largest absolute Gasteiger partial charge is 0.364 e. The lowest BCUT2D eigenvalue weighted by atomic mass is 9.89. The zero-order chi connectivity index (χ0) is 26.0. The third-order valence-corrected chi connectivity index (χ3v) is 5.08. The summed E-state index contributed by atoms with van der Waals surface area (Å²) in [5.41, 5.74) is 9.98.